The van der Waals surface area contributed by atoms with Crippen molar-refractivity contribution in [2.24, 2.45) is 0 Å². The summed E-state index contributed by atoms with van der Waals surface area (Å²) in [7, 11) is -3.98. The van der Waals surface area contributed by atoms with E-state index in [1.165, 1.54) is 36.4 Å². The van der Waals surface area contributed by atoms with Crippen LogP contribution in [0.3, 0.4) is 0 Å². The first-order valence-corrected chi connectivity index (χ1v) is 11.4. The minimum atomic E-state index is -3.98. The first-order chi connectivity index (χ1) is 15.4. The first kappa shape index (κ1) is 21.6. The molecule has 8 heteroatoms. The first-order valence-electron chi connectivity index (χ1n) is 9.95. The number of anilines is 2. The van der Waals surface area contributed by atoms with Crippen molar-refractivity contribution in [1.29, 1.82) is 0 Å². The maximum absolute atomic E-state index is 13.4. The van der Waals surface area contributed by atoms with Crippen molar-refractivity contribution in [3.63, 3.8) is 0 Å². The van der Waals surface area contributed by atoms with Crippen LogP contribution in [-0.4, -0.2) is 20.0 Å². The number of benzene rings is 3. The summed E-state index contributed by atoms with van der Waals surface area (Å²) in [6.07, 6.45) is 0. The van der Waals surface area contributed by atoms with Gasteiger partial charge in [-0.3, -0.25) is 0 Å². The third kappa shape index (κ3) is 4.50. The monoisotopic (exact) mass is 452 g/mol. The minimum Gasteiger partial charge on any atom is -0.494 e. The van der Waals surface area contributed by atoms with Gasteiger partial charge in [0.2, 0.25) is 26.6 Å². The molecule has 0 saturated carbocycles. The molecule has 0 atom stereocenters. The topological polar surface area (TPSA) is 81.4 Å². The molecule has 0 spiro atoms. The SMILES string of the molecule is CCOc1ccc(Nc2oc(-c3ccc(F)cc3)nc2S(=O)(=O)c2ccc(C)cc2)cc1. The molecule has 3 aromatic carbocycles. The van der Waals surface area contributed by atoms with Gasteiger partial charge < -0.3 is 14.5 Å². The lowest BCUT2D eigenvalue weighted by Crippen LogP contribution is -2.05. The molecule has 6 nitrogen and oxygen atoms in total. The van der Waals surface area contributed by atoms with Crippen molar-refractivity contribution in [3.05, 3.63) is 84.2 Å². The summed E-state index contributed by atoms with van der Waals surface area (Å²) >= 11 is 0. The zero-order valence-corrected chi connectivity index (χ0v) is 18.3. The molecule has 0 bridgehead atoms. The molecule has 0 radical (unpaired) electrons. The van der Waals surface area contributed by atoms with Gasteiger partial charge in [0, 0.05) is 11.3 Å². The standard InChI is InChI=1S/C24H21FN2O4S/c1-3-30-20-12-10-19(11-13-20)26-23-24(32(28,29)21-14-4-16(2)5-15-21)27-22(31-23)17-6-8-18(25)9-7-17/h4-15,26H,3H2,1-2H3. The van der Waals surface area contributed by atoms with Crippen LogP contribution in [0, 0.1) is 12.7 Å². The Balaban J connectivity index is 1.78. The highest BCUT2D eigenvalue weighted by Crippen LogP contribution is 2.34. The van der Waals surface area contributed by atoms with Crippen molar-refractivity contribution < 1.29 is 22.0 Å². The van der Waals surface area contributed by atoms with Gasteiger partial charge >= 0.3 is 0 Å². The van der Waals surface area contributed by atoms with E-state index in [4.69, 9.17) is 9.15 Å². The minimum absolute atomic E-state index is 0.0333. The lowest BCUT2D eigenvalue weighted by Gasteiger charge is -2.08. The Hall–Kier alpha value is -3.65. The molecule has 32 heavy (non-hydrogen) atoms. The number of rotatable bonds is 7. The summed E-state index contributed by atoms with van der Waals surface area (Å²) in [4.78, 5) is 4.35. The molecule has 0 aliphatic carbocycles. The molecule has 164 valence electrons. The molecule has 0 fully saturated rings. The number of aromatic nitrogens is 1. The average Bonchev–Trinajstić information content (AvgIpc) is 3.21. The number of aryl methyl sites for hydroxylation is 1. The van der Waals surface area contributed by atoms with Crippen molar-refractivity contribution in [2.75, 3.05) is 11.9 Å². The van der Waals surface area contributed by atoms with Gasteiger partial charge in [-0.2, -0.15) is 4.98 Å². The zero-order valence-electron chi connectivity index (χ0n) is 17.5. The Kier molecular flexibility index (Phi) is 5.96. The summed E-state index contributed by atoms with van der Waals surface area (Å²) in [6.45, 7) is 4.30. The van der Waals surface area contributed by atoms with Gasteiger partial charge in [-0.1, -0.05) is 17.7 Å². The largest absolute Gasteiger partial charge is 0.494 e. The normalized spacial score (nSPS) is 11.3. The smallest absolute Gasteiger partial charge is 0.238 e. The molecule has 0 unspecified atom stereocenters. The highest BCUT2D eigenvalue weighted by molar-refractivity contribution is 7.91. The van der Waals surface area contributed by atoms with E-state index in [-0.39, 0.29) is 21.7 Å². The lowest BCUT2D eigenvalue weighted by atomic mass is 10.2. The Bertz CT molecular complexity index is 1310. The van der Waals surface area contributed by atoms with E-state index in [2.05, 4.69) is 10.3 Å². The third-order valence-corrected chi connectivity index (χ3v) is 6.37. The molecule has 1 N–H and O–H groups in total. The van der Waals surface area contributed by atoms with Crippen molar-refractivity contribution in [2.45, 2.75) is 23.8 Å². The van der Waals surface area contributed by atoms with Crippen LogP contribution in [0.4, 0.5) is 16.0 Å². The lowest BCUT2D eigenvalue weighted by molar-refractivity contribution is 0.340. The second-order valence-corrected chi connectivity index (χ2v) is 8.92. The number of nitrogens with zero attached hydrogens (tertiary/aromatic N) is 1. The molecular weight excluding hydrogens is 431 g/mol. The number of hydrogen-bond donors (Lipinski definition) is 1. The van der Waals surface area contributed by atoms with E-state index in [0.717, 1.165) is 5.56 Å². The van der Waals surface area contributed by atoms with Crippen LogP contribution < -0.4 is 10.1 Å². The van der Waals surface area contributed by atoms with Crippen LogP contribution in [0.2, 0.25) is 0 Å². The third-order valence-electron chi connectivity index (χ3n) is 4.70. The van der Waals surface area contributed by atoms with E-state index in [9.17, 15) is 12.8 Å². The van der Waals surface area contributed by atoms with Gasteiger partial charge in [0.25, 0.3) is 0 Å². The Morgan fingerprint density at radius 1 is 0.969 bits per heavy atom. The van der Waals surface area contributed by atoms with Crippen molar-refractivity contribution >= 4 is 21.4 Å². The van der Waals surface area contributed by atoms with Gasteiger partial charge in [-0.25, -0.2) is 12.8 Å². The summed E-state index contributed by atoms with van der Waals surface area (Å²) in [6, 6.07) is 19.0. The van der Waals surface area contributed by atoms with Crippen LogP contribution in [0.5, 0.6) is 5.75 Å². The fourth-order valence-electron chi connectivity index (χ4n) is 3.04. The van der Waals surface area contributed by atoms with Crippen molar-refractivity contribution in [1.82, 2.24) is 4.98 Å². The fourth-order valence-corrected chi connectivity index (χ4v) is 4.30. The van der Waals surface area contributed by atoms with Crippen LogP contribution in [-0.2, 0) is 9.84 Å². The summed E-state index contributed by atoms with van der Waals surface area (Å²) in [5.74, 6) is 0.300. The van der Waals surface area contributed by atoms with E-state index in [1.54, 1.807) is 36.4 Å². The molecule has 0 aliphatic rings. The second-order valence-electron chi connectivity index (χ2n) is 7.06. The molecule has 1 aromatic heterocycles. The number of halogens is 1. The summed E-state index contributed by atoms with van der Waals surface area (Å²) in [5, 5.41) is 2.74. The molecule has 4 aromatic rings. The Morgan fingerprint density at radius 3 is 2.25 bits per heavy atom. The van der Waals surface area contributed by atoms with Gasteiger partial charge in [0.05, 0.1) is 11.5 Å². The summed E-state index contributed by atoms with van der Waals surface area (Å²) in [5.41, 5.74) is 1.98. The number of nitrogens with one attached hydrogen (secondary N) is 1. The molecule has 4 rings (SSSR count). The molecule has 0 saturated heterocycles. The zero-order chi connectivity index (χ0) is 22.7. The van der Waals surface area contributed by atoms with Gasteiger partial charge in [0.1, 0.15) is 11.6 Å². The predicted octanol–water partition coefficient (Wildman–Crippen LogP) is 5.76. The molecule has 0 aliphatic heterocycles. The average molecular weight is 453 g/mol. The fraction of sp³-hybridized carbons (Fsp3) is 0.125. The van der Waals surface area contributed by atoms with Crippen LogP contribution in [0.15, 0.2) is 87.1 Å². The van der Waals surface area contributed by atoms with Crippen LogP contribution >= 0.6 is 0 Å². The molecular formula is C24H21FN2O4S. The van der Waals surface area contributed by atoms with E-state index >= 15 is 0 Å². The van der Waals surface area contributed by atoms with E-state index in [1.807, 2.05) is 13.8 Å². The Labute approximate surface area is 185 Å². The number of sulfone groups is 1. The van der Waals surface area contributed by atoms with Crippen LogP contribution in [0.1, 0.15) is 12.5 Å². The van der Waals surface area contributed by atoms with E-state index in [0.29, 0.717) is 23.6 Å². The van der Waals surface area contributed by atoms with Gasteiger partial charge in [-0.15, -0.1) is 0 Å². The van der Waals surface area contributed by atoms with Crippen LogP contribution in [0.25, 0.3) is 11.5 Å². The summed E-state index contributed by atoms with van der Waals surface area (Å²) < 4.78 is 51.3. The van der Waals surface area contributed by atoms with Gasteiger partial charge in [-0.05, 0) is 74.5 Å². The predicted molar refractivity (Wildman–Crippen MR) is 119 cm³/mol. The number of oxazole rings is 1. The highest BCUT2D eigenvalue weighted by Gasteiger charge is 2.28. The maximum atomic E-state index is 13.4. The second kappa shape index (κ2) is 8.84. The number of ether oxygens (including phenoxy) is 1. The molecule has 0 amide bonds. The maximum Gasteiger partial charge on any atom is 0.238 e. The van der Waals surface area contributed by atoms with E-state index < -0.39 is 15.7 Å². The Morgan fingerprint density at radius 2 is 1.62 bits per heavy atom. The molecule has 1 heterocycles. The quantitative estimate of drug-likeness (QED) is 0.384. The van der Waals surface area contributed by atoms with Gasteiger partial charge in [0.15, 0.2) is 0 Å². The highest BCUT2D eigenvalue weighted by atomic mass is 32.2. The van der Waals surface area contributed by atoms with Crippen molar-refractivity contribution in [3.8, 4) is 17.2 Å². The number of hydrogen-bond acceptors (Lipinski definition) is 6.